The summed E-state index contributed by atoms with van der Waals surface area (Å²) in [5, 5.41) is 1.22. The Bertz CT molecular complexity index is 977. The maximum Gasteiger partial charge on any atom is 0.306 e. The van der Waals surface area contributed by atoms with Crippen LogP contribution in [0.1, 0.15) is 25.6 Å². The molecule has 2 aromatic carbocycles. The number of aromatic nitrogens is 1. The molecule has 1 aliphatic heterocycles. The van der Waals surface area contributed by atoms with Crippen molar-refractivity contribution < 1.29 is 14.0 Å². The van der Waals surface area contributed by atoms with Crippen molar-refractivity contribution in [3.05, 3.63) is 78.1 Å². The third-order valence-corrected chi connectivity index (χ3v) is 5.02. The molecule has 0 bridgehead atoms. The summed E-state index contributed by atoms with van der Waals surface area (Å²) in [5.41, 5.74) is 4.99. The van der Waals surface area contributed by atoms with Crippen LogP contribution < -0.4 is 4.57 Å². The molecular weight excluding hydrogens is 322 g/mol. The Morgan fingerprint density at radius 3 is 2.69 bits per heavy atom. The smallest absolute Gasteiger partial charge is 0.306 e. The van der Waals surface area contributed by atoms with Gasteiger partial charge in [0.15, 0.2) is 0 Å². The van der Waals surface area contributed by atoms with E-state index in [-0.39, 0.29) is 12.3 Å². The van der Waals surface area contributed by atoms with Crippen molar-refractivity contribution >= 4 is 10.9 Å². The number of allylic oxidation sites excluding steroid dienone is 1. The van der Waals surface area contributed by atoms with Crippen molar-refractivity contribution in [1.82, 2.24) is 0 Å². The summed E-state index contributed by atoms with van der Waals surface area (Å²) in [6.45, 7) is 4.01. The molecule has 0 N–H and O–H groups in total. The first-order valence-corrected chi connectivity index (χ1v) is 9.07. The van der Waals surface area contributed by atoms with Crippen LogP contribution in [0.25, 0.3) is 22.2 Å². The van der Waals surface area contributed by atoms with E-state index in [0.29, 0.717) is 0 Å². The van der Waals surface area contributed by atoms with E-state index in [0.717, 1.165) is 12.2 Å². The van der Waals surface area contributed by atoms with Gasteiger partial charge in [0.1, 0.15) is 0 Å². The molecule has 2 heterocycles. The van der Waals surface area contributed by atoms with Crippen LogP contribution >= 0.6 is 0 Å². The number of methoxy groups -OCH3 is 1. The van der Waals surface area contributed by atoms with Crippen LogP contribution in [-0.2, 0) is 15.9 Å². The fraction of sp³-hybridized carbons (Fsp3) is 0.261. The van der Waals surface area contributed by atoms with Gasteiger partial charge in [-0.05, 0) is 43.7 Å². The van der Waals surface area contributed by atoms with Crippen molar-refractivity contribution in [1.29, 1.82) is 0 Å². The predicted octanol–water partition coefficient (Wildman–Crippen LogP) is 4.80. The highest BCUT2D eigenvalue weighted by Crippen LogP contribution is 2.32. The maximum absolute atomic E-state index is 6.40. The van der Waals surface area contributed by atoms with Gasteiger partial charge in [-0.1, -0.05) is 30.3 Å². The van der Waals surface area contributed by atoms with Crippen LogP contribution in [0.15, 0.2) is 72.5 Å². The molecule has 0 saturated heterocycles. The number of ether oxygens (including phenoxy) is 2. The summed E-state index contributed by atoms with van der Waals surface area (Å²) in [6, 6.07) is 21.5. The monoisotopic (exact) mass is 346 g/mol. The van der Waals surface area contributed by atoms with Gasteiger partial charge in [0.05, 0.1) is 18.3 Å². The third kappa shape index (κ3) is 2.99. The van der Waals surface area contributed by atoms with Gasteiger partial charge in [0.25, 0.3) is 0 Å². The van der Waals surface area contributed by atoms with Crippen LogP contribution in [0.4, 0.5) is 0 Å². The van der Waals surface area contributed by atoms with E-state index >= 15 is 0 Å². The molecular formula is C23H24NO2+. The molecule has 2 atom stereocenters. The highest BCUT2D eigenvalue weighted by molar-refractivity contribution is 5.78. The van der Waals surface area contributed by atoms with Crippen molar-refractivity contribution in [2.45, 2.75) is 32.6 Å². The molecule has 3 nitrogen and oxygen atoms in total. The van der Waals surface area contributed by atoms with Gasteiger partial charge in [-0.2, -0.15) is 4.57 Å². The molecule has 0 radical (unpaired) electrons. The number of pyridine rings is 1. The summed E-state index contributed by atoms with van der Waals surface area (Å²) >= 11 is 0. The zero-order valence-electron chi connectivity index (χ0n) is 15.5. The van der Waals surface area contributed by atoms with E-state index in [2.05, 4.69) is 65.2 Å². The minimum atomic E-state index is -0.0775. The Labute approximate surface area is 154 Å². The summed E-state index contributed by atoms with van der Waals surface area (Å²) in [5.74, 6) is 0.884. The minimum absolute atomic E-state index is 0.0304. The van der Waals surface area contributed by atoms with Crippen molar-refractivity contribution in [3.8, 4) is 11.3 Å². The molecule has 4 rings (SSSR count). The SMILES string of the molecule is COC(C)/C=C(/C)O[C@@H]1Cc2ccccc2-c2ccc3ccccc3[n+]21. The Balaban J connectivity index is 1.85. The van der Waals surface area contributed by atoms with E-state index in [1.165, 1.54) is 27.7 Å². The maximum atomic E-state index is 6.40. The number of para-hydroxylation sites is 1. The molecule has 0 amide bonds. The van der Waals surface area contributed by atoms with E-state index in [1.54, 1.807) is 7.11 Å². The predicted molar refractivity (Wildman–Crippen MR) is 104 cm³/mol. The van der Waals surface area contributed by atoms with Crippen LogP contribution in [0.5, 0.6) is 0 Å². The number of rotatable bonds is 4. The van der Waals surface area contributed by atoms with E-state index in [1.807, 2.05) is 19.9 Å². The quantitative estimate of drug-likeness (QED) is 0.500. The molecule has 1 aliphatic rings. The van der Waals surface area contributed by atoms with Crippen LogP contribution in [0.3, 0.4) is 0 Å². The van der Waals surface area contributed by atoms with Crippen LogP contribution in [0.2, 0.25) is 0 Å². The Morgan fingerprint density at radius 2 is 1.85 bits per heavy atom. The van der Waals surface area contributed by atoms with Crippen molar-refractivity contribution in [3.63, 3.8) is 0 Å². The first kappa shape index (κ1) is 16.8. The second-order valence-electron chi connectivity index (χ2n) is 6.80. The fourth-order valence-corrected chi connectivity index (χ4v) is 3.73. The Morgan fingerprint density at radius 1 is 1.08 bits per heavy atom. The van der Waals surface area contributed by atoms with E-state index in [9.17, 15) is 0 Å². The average molecular weight is 346 g/mol. The molecule has 0 spiro atoms. The second kappa shape index (κ2) is 6.93. The standard InChI is InChI=1S/C23H24NO2/c1-16(25-3)14-17(2)26-23-15-19-9-4-6-10-20(19)22-13-12-18-8-5-7-11-21(18)24(22)23/h4-14,16,23H,15H2,1-3H3/q+1/b17-14-/t16?,23-/m1/s1. The molecule has 0 saturated carbocycles. The summed E-state index contributed by atoms with van der Waals surface area (Å²) < 4.78 is 14.1. The molecule has 1 aromatic heterocycles. The number of hydrogen-bond acceptors (Lipinski definition) is 2. The van der Waals surface area contributed by atoms with E-state index in [4.69, 9.17) is 9.47 Å². The summed E-state index contributed by atoms with van der Waals surface area (Å²) in [6.07, 6.45) is 2.81. The van der Waals surface area contributed by atoms with Gasteiger partial charge >= 0.3 is 6.23 Å². The number of nitrogens with zero attached hydrogens (tertiary/aromatic N) is 1. The van der Waals surface area contributed by atoms with Gasteiger partial charge in [0, 0.05) is 30.2 Å². The average Bonchev–Trinajstić information content (AvgIpc) is 2.67. The van der Waals surface area contributed by atoms with Gasteiger partial charge < -0.3 is 9.47 Å². The number of fused-ring (bicyclic) bond motifs is 5. The van der Waals surface area contributed by atoms with Gasteiger partial charge in [-0.15, -0.1) is 0 Å². The largest absolute Gasteiger partial charge is 0.438 e. The normalized spacial score (nSPS) is 17.5. The molecule has 26 heavy (non-hydrogen) atoms. The lowest BCUT2D eigenvalue weighted by Crippen LogP contribution is -2.47. The highest BCUT2D eigenvalue weighted by Gasteiger charge is 2.34. The van der Waals surface area contributed by atoms with Gasteiger partial charge in [0.2, 0.25) is 11.2 Å². The lowest BCUT2D eigenvalue weighted by molar-refractivity contribution is -0.729. The van der Waals surface area contributed by atoms with Crippen LogP contribution in [0, 0.1) is 0 Å². The van der Waals surface area contributed by atoms with Crippen molar-refractivity contribution in [2.24, 2.45) is 0 Å². The lowest BCUT2D eigenvalue weighted by Gasteiger charge is -2.24. The van der Waals surface area contributed by atoms with Crippen LogP contribution in [-0.4, -0.2) is 13.2 Å². The van der Waals surface area contributed by atoms with Crippen molar-refractivity contribution in [2.75, 3.05) is 7.11 Å². The molecule has 3 heteroatoms. The summed E-state index contributed by atoms with van der Waals surface area (Å²) in [4.78, 5) is 0. The third-order valence-electron chi connectivity index (χ3n) is 5.02. The zero-order chi connectivity index (χ0) is 18.1. The molecule has 0 aliphatic carbocycles. The Kier molecular flexibility index (Phi) is 4.48. The molecule has 1 unspecified atom stereocenters. The second-order valence-corrected chi connectivity index (χ2v) is 6.80. The molecule has 132 valence electrons. The number of hydrogen-bond donors (Lipinski definition) is 0. The van der Waals surface area contributed by atoms with Gasteiger partial charge in [-0.25, -0.2) is 0 Å². The fourth-order valence-electron chi connectivity index (χ4n) is 3.73. The molecule has 0 fully saturated rings. The zero-order valence-corrected chi connectivity index (χ0v) is 15.5. The highest BCUT2D eigenvalue weighted by atomic mass is 16.5. The first-order chi connectivity index (χ1) is 12.7. The Hall–Kier alpha value is -2.65. The lowest BCUT2D eigenvalue weighted by atomic mass is 9.95. The molecule has 3 aromatic rings. The summed E-state index contributed by atoms with van der Waals surface area (Å²) in [7, 11) is 1.71. The minimum Gasteiger partial charge on any atom is -0.438 e. The topological polar surface area (TPSA) is 22.3 Å². The van der Waals surface area contributed by atoms with E-state index < -0.39 is 0 Å². The first-order valence-electron chi connectivity index (χ1n) is 9.07. The van der Waals surface area contributed by atoms with Gasteiger partial charge in [-0.3, -0.25) is 0 Å². The number of benzene rings is 2.